The van der Waals surface area contributed by atoms with Crippen LogP contribution in [0, 0.1) is 0 Å². The molecule has 1 saturated heterocycles. The van der Waals surface area contributed by atoms with Gasteiger partial charge in [-0.05, 0) is 19.9 Å². The first-order valence-electron chi connectivity index (χ1n) is 6.19. The Bertz CT molecular complexity index is 422. The van der Waals surface area contributed by atoms with E-state index < -0.39 is 0 Å². The van der Waals surface area contributed by atoms with Gasteiger partial charge in [0.25, 0.3) is 5.91 Å². The predicted octanol–water partition coefficient (Wildman–Crippen LogP) is 0.628. The molecule has 0 spiro atoms. The lowest BCUT2D eigenvalue weighted by Gasteiger charge is -2.27. The van der Waals surface area contributed by atoms with E-state index in [1.54, 1.807) is 12.3 Å². The Morgan fingerprint density at radius 1 is 1.44 bits per heavy atom. The smallest absolute Gasteiger partial charge is 0.282 e. The monoisotopic (exact) mass is 252 g/mol. The van der Waals surface area contributed by atoms with E-state index in [1.165, 1.54) is 0 Å². The first-order valence-corrected chi connectivity index (χ1v) is 6.19. The van der Waals surface area contributed by atoms with Crippen LogP contribution in [-0.4, -0.2) is 41.8 Å². The maximum Gasteiger partial charge on any atom is 0.282 e. The summed E-state index contributed by atoms with van der Waals surface area (Å²) in [6.45, 7) is 6.75. The van der Waals surface area contributed by atoms with Gasteiger partial charge in [0.05, 0.1) is 18.9 Å². The highest BCUT2D eigenvalue weighted by molar-refractivity contribution is 5.93. The second-order valence-electron chi connectivity index (χ2n) is 4.70. The van der Waals surface area contributed by atoms with E-state index in [0.29, 0.717) is 37.7 Å². The number of carbonyl (C=O) groups is 1. The Labute approximate surface area is 107 Å². The normalized spacial score (nSPS) is 17.1. The van der Waals surface area contributed by atoms with Crippen molar-refractivity contribution in [2.75, 3.05) is 32.0 Å². The molecule has 1 aromatic rings. The van der Waals surface area contributed by atoms with Crippen molar-refractivity contribution in [3.8, 4) is 0 Å². The molecule has 6 heteroatoms. The molecule has 0 aromatic carbocycles. The minimum absolute atomic E-state index is 0.123. The molecular weight excluding hydrogens is 232 g/mol. The standard InChI is InChI=1S/C12H20N4O2/c1-9(2)16-8-10(13)7-11(16)12(17)14-15-3-5-18-6-4-15/h7-9H,3-6,13H2,1-2H3,(H,14,17). The van der Waals surface area contributed by atoms with Gasteiger partial charge in [0.2, 0.25) is 0 Å². The number of nitrogens with zero attached hydrogens (tertiary/aromatic N) is 2. The van der Waals surface area contributed by atoms with Crippen LogP contribution in [0.2, 0.25) is 0 Å². The number of nitrogen functional groups attached to an aromatic ring is 1. The van der Waals surface area contributed by atoms with Crippen LogP contribution in [0.3, 0.4) is 0 Å². The molecular formula is C12H20N4O2. The van der Waals surface area contributed by atoms with E-state index in [-0.39, 0.29) is 11.9 Å². The summed E-state index contributed by atoms with van der Waals surface area (Å²) >= 11 is 0. The maximum atomic E-state index is 12.2. The molecule has 0 unspecified atom stereocenters. The average molecular weight is 252 g/mol. The van der Waals surface area contributed by atoms with Crippen molar-refractivity contribution in [1.29, 1.82) is 0 Å². The molecule has 0 bridgehead atoms. The fourth-order valence-corrected chi connectivity index (χ4v) is 1.99. The number of morpholine rings is 1. The Hall–Kier alpha value is -1.53. The third-order valence-corrected chi connectivity index (χ3v) is 2.93. The number of rotatable bonds is 3. The topological polar surface area (TPSA) is 72.5 Å². The van der Waals surface area contributed by atoms with Gasteiger partial charge in [-0.3, -0.25) is 10.2 Å². The summed E-state index contributed by atoms with van der Waals surface area (Å²) in [6, 6.07) is 1.91. The molecule has 1 aliphatic heterocycles. The molecule has 0 aliphatic carbocycles. The quantitative estimate of drug-likeness (QED) is 0.827. The first kappa shape index (κ1) is 12.9. The maximum absolute atomic E-state index is 12.2. The molecule has 0 radical (unpaired) electrons. The number of aromatic nitrogens is 1. The van der Waals surface area contributed by atoms with Gasteiger partial charge < -0.3 is 15.0 Å². The van der Waals surface area contributed by atoms with Crippen molar-refractivity contribution in [2.45, 2.75) is 19.9 Å². The van der Waals surface area contributed by atoms with E-state index >= 15 is 0 Å². The fraction of sp³-hybridized carbons (Fsp3) is 0.583. The minimum atomic E-state index is -0.123. The number of amides is 1. The summed E-state index contributed by atoms with van der Waals surface area (Å²) in [4.78, 5) is 12.2. The van der Waals surface area contributed by atoms with Crippen molar-refractivity contribution in [2.24, 2.45) is 0 Å². The molecule has 2 rings (SSSR count). The zero-order valence-corrected chi connectivity index (χ0v) is 10.8. The SMILES string of the molecule is CC(C)n1cc(N)cc1C(=O)NN1CCOCC1. The Kier molecular flexibility index (Phi) is 3.88. The van der Waals surface area contributed by atoms with Gasteiger partial charge in [-0.15, -0.1) is 0 Å². The Morgan fingerprint density at radius 2 is 2.11 bits per heavy atom. The van der Waals surface area contributed by atoms with Crippen molar-refractivity contribution in [1.82, 2.24) is 15.0 Å². The van der Waals surface area contributed by atoms with Crippen molar-refractivity contribution >= 4 is 11.6 Å². The molecule has 3 N–H and O–H groups in total. The second-order valence-corrected chi connectivity index (χ2v) is 4.70. The molecule has 100 valence electrons. The highest BCUT2D eigenvalue weighted by Gasteiger charge is 2.18. The lowest BCUT2D eigenvalue weighted by Crippen LogP contribution is -2.48. The number of nitrogens with one attached hydrogen (secondary N) is 1. The number of nitrogens with two attached hydrogens (primary N) is 1. The van der Waals surface area contributed by atoms with Gasteiger partial charge in [-0.1, -0.05) is 0 Å². The zero-order chi connectivity index (χ0) is 13.1. The van der Waals surface area contributed by atoms with Crippen LogP contribution in [0.1, 0.15) is 30.4 Å². The summed E-state index contributed by atoms with van der Waals surface area (Å²) in [7, 11) is 0. The van der Waals surface area contributed by atoms with Crippen LogP contribution < -0.4 is 11.2 Å². The zero-order valence-electron chi connectivity index (χ0n) is 10.8. The number of hydrogen-bond acceptors (Lipinski definition) is 4. The van der Waals surface area contributed by atoms with Crippen LogP contribution in [-0.2, 0) is 4.74 Å². The van der Waals surface area contributed by atoms with Crippen molar-refractivity contribution in [3.05, 3.63) is 18.0 Å². The van der Waals surface area contributed by atoms with Crippen molar-refractivity contribution in [3.63, 3.8) is 0 Å². The third-order valence-electron chi connectivity index (χ3n) is 2.93. The van der Waals surface area contributed by atoms with E-state index in [0.717, 1.165) is 0 Å². The van der Waals surface area contributed by atoms with Gasteiger partial charge in [0.1, 0.15) is 5.69 Å². The number of hydrogen-bond donors (Lipinski definition) is 2. The van der Waals surface area contributed by atoms with Gasteiger partial charge in [-0.2, -0.15) is 0 Å². The van der Waals surface area contributed by atoms with Gasteiger partial charge in [0.15, 0.2) is 0 Å². The van der Waals surface area contributed by atoms with Crippen LogP contribution >= 0.6 is 0 Å². The largest absolute Gasteiger partial charge is 0.397 e. The molecule has 1 fully saturated rings. The van der Waals surface area contributed by atoms with E-state index in [4.69, 9.17) is 10.5 Å². The van der Waals surface area contributed by atoms with Gasteiger partial charge in [0, 0.05) is 25.3 Å². The molecule has 1 amide bonds. The molecule has 6 nitrogen and oxygen atoms in total. The minimum Gasteiger partial charge on any atom is -0.397 e. The summed E-state index contributed by atoms with van der Waals surface area (Å²) in [5.74, 6) is -0.123. The Morgan fingerprint density at radius 3 is 2.72 bits per heavy atom. The van der Waals surface area contributed by atoms with Crippen LogP contribution in [0.4, 0.5) is 5.69 Å². The number of hydrazine groups is 1. The average Bonchev–Trinajstić information content (AvgIpc) is 2.73. The molecule has 1 aliphatic rings. The molecule has 0 atom stereocenters. The predicted molar refractivity (Wildman–Crippen MR) is 69.1 cm³/mol. The van der Waals surface area contributed by atoms with E-state index in [9.17, 15) is 4.79 Å². The van der Waals surface area contributed by atoms with E-state index in [2.05, 4.69) is 5.43 Å². The molecule has 1 aromatic heterocycles. The van der Waals surface area contributed by atoms with Crippen LogP contribution in [0.5, 0.6) is 0 Å². The van der Waals surface area contributed by atoms with Crippen LogP contribution in [0.25, 0.3) is 0 Å². The second kappa shape index (κ2) is 5.41. The lowest BCUT2D eigenvalue weighted by molar-refractivity contribution is 0.0123. The number of carbonyl (C=O) groups excluding carboxylic acids is 1. The van der Waals surface area contributed by atoms with Crippen molar-refractivity contribution < 1.29 is 9.53 Å². The molecule has 18 heavy (non-hydrogen) atoms. The number of ether oxygens (including phenoxy) is 1. The highest BCUT2D eigenvalue weighted by Crippen LogP contribution is 2.16. The first-order chi connectivity index (χ1) is 8.58. The molecule has 0 saturated carbocycles. The lowest BCUT2D eigenvalue weighted by atomic mass is 10.3. The summed E-state index contributed by atoms with van der Waals surface area (Å²) in [5, 5.41) is 1.87. The summed E-state index contributed by atoms with van der Waals surface area (Å²) in [6.07, 6.45) is 1.79. The molecule has 2 heterocycles. The Balaban J connectivity index is 2.08. The highest BCUT2D eigenvalue weighted by atomic mass is 16.5. The fourth-order valence-electron chi connectivity index (χ4n) is 1.99. The van der Waals surface area contributed by atoms with Crippen LogP contribution in [0.15, 0.2) is 12.3 Å². The third kappa shape index (κ3) is 2.83. The van der Waals surface area contributed by atoms with E-state index in [1.807, 2.05) is 23.4 Å². The summed E-state index contributed by atoms with van der Waals surface area (Å²) < 4.78 is 7.11. The number of anilines is 1. The van der Waals surface area contributed by atoms with Gasteiger partial charge >= 0.3 is 0 Å². The van der Waals surface area contributed by atoms with Gasteiger partial charge in [-0.25, -0.2) is 5.01 Å². The summed E-state index contributed by atoms with van der Waals surface area (Å²) in [5.41, 5.74) is 9.83.